The molecule has 1 rings (SSSR count). The topological polar surface area (TPSA) is 81.8 Å². The highest BCUT2D eigenvalue weighted by Crippen LogP contribution is 2.41. The number of methoxy groups -OCH3 is 2. The van der Waals surface area contributed by atoms with Gasteiger partial charge in [0.05, 0.1) is 18.7 Å². The van der Waals surface area contributed by atoms with Gasteiger partial charge in [0.15, 0.2) is 11.5 Å². The molecule has 7 heteroatoms. The molecule has 0 heterocycles. The summed E-state index contributed by atoms with van der Waals surface area (Å²) in [5, 5.41) is 8.66. The van der Waals surface area contributed by atoms with Crippen LogP contribution < -0.4 is 15.2 Å². The van der Waals surface area contributed by atoms with Crippen molar-refractivity contribution in [2.75, 3.05) is 14.2 Å². The fourth-order valence-corrected chi connectivity index (χ4v) is 2.31. The number of hydrogen-bond donors (Lipinski definition) is 2. The van der Waals surface area contributed by atoms with E-state index in [2.05, 4.69) is 15.9 Å². The smallest absolute Gasteiger partial charge is 0.303 e. The lowest BCUT2D eigenvalue weighted by Gasteiger charge is -2.19. The second kappa shape index (κ2) is 6.72. The van der Waals surface area contributed by atoms with Gasteiger partial charge in [-0.2, -0.15) is 0 Å². The van der Waals surface area contributed by atoms with Crippen molar-refractivity contribution in [3.63, 3.8) is 0 Å². The third kappa shape index (κ3) is 3.57. The lowest BCUT2D eigenvalue weighted by atomic mass is 10.0. The molecule has 0 spiro atoms. The number of benzene rings is 1. The van der Waals surface area contributed by atoms with Gasteiger partial charge < -0.3 is 20.3 Å². The highest BCUT2D eigenvalue weighted by molar-refractivity contribution is 9.10. The maximum absolute atomic E-state index is 13.7. The zero-order valence-electron chi connectivity index (χ0n) is 10.6. The summed E-state index contributed by atoms with van der Waals surface area (Å²) < 4.78 is 24.1. The summed E-state index contributed by atoms with van der Waals surface area (Å²) in [5.41, 5.74) is 6.28. The van der Waals surface area contributed by atoms with Crippen LogP contribution in [0.2, 0.25) is 0 Å². The van der Waals surface area contributed by atoms with Gasteiger partial charge in [-0.1, -0.05) is 0 Å². The molecule has 1 atom stereocenters. The zero-order valence-corrected chi connectivity index (χ0v) is 12.2. The van der Waals surface area contributed by atoms with Crippen LogP contribution in [0.3, 0.4) is 0 Å². The van der Waals surface area contributed by atoms with Gasteiger partial charge in [-0.05, 0) is 22.4 Å². The molecule has 0 aliphatic rings. The van der Waals surface area contributed by atoms with Gasteiger partial charge >= 0.3 is 5.97 Å². The second-order valence-corrected chi connectivity index (χ2v) is 4.65. The Balaban J connectivity index is 3.22. The Morgan fingerprint density at radius 1 is 1.53 bits per heavy atom. The first-order valence-corrected chi connectivity index (χ1v) is 6.28. The van der Waals surface area contributed by atoms with E-state index in [0.29, 0.717) is 11.3 Å². The number of rotatable bonds is 6. The van der Waals surface area contributed by atoms with Crippen LogP contribution in [0.5, 0.6) is 11.5 Å². The minimum Gasteiger partial charge on any atom is -0.493 e. The van der Waals surface area contributed by atoms with E-state index in [1.54, 1.807) is 0 Å². The number of nitrogens with two attached hydrogens (primary N) is 1. The van der Waals surface area contributed by atoms with Crippen LogP contribution in [-0.2, 0) is 4.79 Å². The predicted octanol–water partition coefficient (Wildman–Crippen LogP) is 2.47. The number of hydrogen-bond acceptors (Lipinski definition) is 4. The third-order valence-electron chi connectivity index (χ3n) is 2.64. The van der Waals surface area contributed by atoms with Gasteiger partial charge in [-0.15, -0.1) is 0 Å². The summed E-state index contributed by atoms with van der Waals surface area (Å²) in [6.45, 7) is 0. The highest BCUT2D eigenvalue weighted by Gasteiger charge is 2.23. The molecule has 0 bridgehead atoms. The van der Waals surface area contributed by atoms with Crippen molar-refractivity contribution in [3.05, 3.63) is 21.9 Å². The van der Waals surface area contributed by atoms with Gasteiger partial charge in [0.1, 0.15) is 5.82 Å². The van der Waals surface area contributed by atoms with E-state index in [1.165, 1.54) is 20.3 Å². The molecule has 0 aliphatic carbocycles. The largest absolute Gasteiger partial charge is 0.493 e. The molecule has 19 heavy (non-hydrogen) atoms. The average Bonchev–Trinajstić information content (AvgIpc) is 2.38. The molecule has 0 radical (unpaired) electrons. The molecule has 5 nitrogen and oxygen atoms in total. The molecule has 0 aromatic heterocycles. The van der Waals surface area contributed by atoms with Crippen LogP contribution in [0.15, 0.2) is 10.5 Å². The van der Waals surface area contributed by atoms with E-state index in [4.69, 9.17) is 20.3 Å². The molecule has 1 aromatic carbocycles. The first-order chi connectivity index (χ1) is 8.92. The standard InChI is InChI=1S/C12H15BrFNO4/c1-18-8-5-6(14)11(13)10(12(8)19-2)7(15)3-4-9(16)17/h5,7H,3-4,15H2,1-2H3,(H,16,17). The summed E-state index contributed by atoms with van der Waals surface area (Å²) >= 11 is 3.10. The Hall–Kier alpha value is -1.34. The predicted molar refractivity (Wildman–Crippen MR) is 71.0 cm³/mol. The quantitative estimate of drug-likeness (QED) is 0.834. The first-order valence-electron chi connectivity index (χ1n) is 5.49. The Morgan fingerprint density at radius 3 is 2.63 bits per heavy atom. The molecular formula is C12H15BrFNO4. The highest BCUT2D eigenvalue weighted by atomic mass is 79.9. The normalized spacial score (nSPS) is 12.1. The fourth-order valence-electron chi connectivity index (χ4n) is 1.72. The van der Waals surface area contributed by atoms with E-state index in [9.17, 15) is 9.18 Å². The molecule has 0 amide bonds. The van der Waals surface area contributed by atoms with Crippen LogP contribution in [0.1, 0.15) is 24.4 Å². The second-order valence-electron chi connectivity index (χ2n) is 3.86. The fraction of sp³-hybridized carbons (Fsp3) is 0.417. The molecule has 106 valence electrons. The van der Waals surface area contributed by atoms with Crippen molar-refractivity contribution in [2.45, 2.75) is 18.9 Å². The SMILES string of the molecule is COc1cc(F)c(Br)c(C(N)CCC(=O)O)c1OC. The van der Waals surface area contributed by atoms with Crippen LogP contribution in [0.25, 0.3) is 0 Å². The van der Waals surface area contributed by atoms with Gasteiger partial charge in [0, 0.05) is 24.1 Å². The van der Waals surface area contributed by atoms with Crippen molar-refractivity contribution >= 4 is 21.9 Å². The van der Waals surface area contributed by atoms with Crippen molar-refractivity contribution in [3.8, 4) is 11.5 Å². The van der Waals surface area contributed by atoms with E-state index in [0.717, 1.165) is 0 Å². The van der Waals surface area contributed by atoms with E-state index in [-0.39, 0.29) is 23.1 Å². The maximum atomic E-state index is 13.7. The number of carboxylic acids is 1. The zero-order chi connectivity index (χ0) is 14.6. The minimum absolute atomic E-state index is 0.115. The van der Waals surface area contributed by atoms with E-state index in [1.807, 2.05) is 0 Å². The van der Waals surface area contributed by atoms with Crippen molar-refractivity contribution in [1.82, 2.24) is 0 Å². The van der Waals surface area contributed by atoms with Crippen LogP contribution in [0.4, 0.5) is 4.39 Å². The van der Waals surface area contributed by atoms with E-state index >= 15 is 0 Å². The van der Waals surface area contributed by atoms with Gasteiger partial charge in [-0.25, -0.2) is 4.39 Å². The average molecular weight is 336 g/mol. The van der Waals surface area contributed by atoms with Gasteiger partial charge in [0.25, 0.3) is 0 Å². The number of halogens is 2. The first kappa shape index (κ1) is 15.7. The molecule has 0 saturated heterocycles. The summed E-state index contributed by atoms with van der Waals surface area (Å²) in [5.74, 6) is -0.995. The molecule has 1 unspecified atom stereocenters. The van der Waals surface area contributed by atoms with Gasteiger partial charge in [-0.3, -0.25) is 4.79 Å². The molecule has 0 fully saturated rings. The maximum Gasteiger partial charge on any atom is 0.303 e. The molecule has 0 saturated carbocycles. The summed E-state index contributed by atoms with van der Waals surface area (Å²) in [6, 6.07) is 0.501. The number of carbonyl (C=O) groups is 1. The van der Waals surface area contributed by atoms with Crippen molar-refractivity contribution < 1.29 is 23.8 Å². The van der Waals surface area contributed by atoms with Crippen molar-refractivity contribution in [2.24, 2.45) is 5.73 Å². The van der Waals surface area contributed by atoms with Crippen molar-refractivity contribution in [1.29, 1.82) is 0 Å². The lowest BCUT2D eigenvalue weighted by Crippen LogP contribution is -2.15. The Kier molecular flexibility index (Phi) is 5.56. The lowest BCUT2D eigenvalue weighted by molar-refractivity contribution is -0.137. The Morgan fingerprint density at radius 2 is 2.16 bits per heavy atom. The number of carboxylic acid groups (broad SMARTS) is 1. The summed E-state index contributed by atoms with van der Waals surface area (Å²) in [4.78, 5) is 10.6. The molecule has 1 aromatic rings. The third-order valence-corrected chi connectivity index (χ3v) is 3.44. The van der Waals surface area contributed by atoms with Gasteiger partial charge in [0.2, 0.25) is 0 Å². The van der Waals surface area contributed by atoms with E-state index < -0.39 is 17.8 Å². The minimum atomic E-state index is -0.964. The molecule has 3 N–H and O–H groups in total. The summed E-state index contributed by atoms with van der Waals surface area (Å²) in [6.07, 6.45) is 0.0481. The number of ether oxygens (including phenoxy) is 2. The Bertz CT molecular complexity index is 481. The van der Waals surface area contributed by atoms with Crippen LogP contribution in [-0.4, -0.2) is 25.3 Å². The number of aliphatic carboxylic acids is 1. The monoisotopic (exact) mass is 335 g/mol. The molecular weight excluding hydrogens is 321 g/mol. The van der Waals surface area contributed by atoms with Crippen LogP contribution >= 0.6 is 15.9 Å². The molecule has 0 aliphatic heterocycles. The summed E-state index contributed by atoms with van der Waals surface area (Å²) in [7, 11) is 2.80. The Labute approximate surface area is 118 Å². The van der Waals surface area contributed by atoms with Crippen LogP contribution in [0, 0.1) is 5.82 Å².